The standard InChI is InChI=1S/C14H17N7O6S/c1-3-7(26-5(2)22)8-4-6(19-25)12(27-8)21-10-9(28-14(21)24)11(23)17-13(16-10)18-20-15/h6-8,12H,3-4H2,1-2H3,(H3,15,16,17,18,23)/t6-,7?,8-,12+/m0/s1. The van der Waals surface area contributed by atoms with E-state index in [1.165, 1.54) is 6.92 Å². The molecule has 3 N–H and O–H groups in total. The van der Waals surface area contributed by atoms with E-state index in [2.05, 4.69) is 25.5 Å². The molecule has 3 heterocycles. The summed E-state index contributed by atoms with van der Waals surface area (Å²) in [6.07, 6.45) is -1.77. The lowest BCUT2D eigenvalue weighted by atomic mass is 10.1. The monoisotopic (exact) mass is 411 g/mol. The zero-order valence-electron chi connectivity index (χ0n) is 14.9. The minimum atomic E-state index is -1.11. The second-order valence-electron chi connectivity index (χ2n) is 6.03. The van der Waals surface area contributed by atoms with Gasteiger partial charge in [-0.15, -0.1) is 0 Å². The van der Waals surface area contributed by atoms with Gasteiger partial charge in [0.1, 0.15) is 16.8 Å². The second-order valence-corrected chi connectivity index (χ2v) is 6.99. The Labute approximate surface area is 160 Å². The molecule has 0 saturated carbocycles. The number of hydrogen-bond acceptors (Lipinski definition) is 11. The lowest BCUT2D eigenvalue weighted by Crippen LogP contribution is -2.31. The van der Waals surface area contributed by atoms with Gasteiger partial charge >= 0.3 is 10.8 Å². The number of nitrogens with zero attached hydrogens (tertiary/aromatic N) is 5. The van der Waals surface area contributed by atoms with Crippen LogP contribution in [0, 0.1) is 4.91 Å². The SMILES string of the molecule is CCC(OC(C)=O)[C@@H]1C[C@H](N=O)[C@H](n2c(=O)sc3c(=O)[nH]c(N=NN)nc32)O1. The van der Waals surface area contributed by atoms with E-state index in [-0.39, 0.29) is 22.7 Å². The van der Waals surface area contributed by atoms with Crippen LogP contribution >= 0.6 is 11.3 Å². The second kappa shape index (κ2) is 7.93. The molecule has 150 valence electrons. The number of aromatic amines is 1. The largest absolute Gasteiger partial charge is 0.460 e. The number of ether oxygens (including phenoxy) is 2. The van der Waals surface area contributed by atoms with Gasteiger partial charge in [-0.05, 0) is 6.42 Å². The summed E-state index contributed by atoms with van der Waals surface area (Å²) in [5.41, 5.74) is -0.634. The van der Waals surface area contributed by atoms with Crippen LogP contribution in [0.25, 0.3) is 10.3 Å². The van der Waals surface area contributed by atoms with E-state index in [1.807, 2.05) is 0 Å². The summed E-state index contributed by atoms with van der Waals surface area (Å²) in [6.45, 7) is 3.07. The Bertz CT molecular complexity index is 1040. The summed E-state index contributed by atoms with van der Waals surface area (Å²) < 4.78 is 12.2. The van der Waals surface area contributed by atoms with Gasteiger partial charge in [0.15, 0.2) is 11.9 Å². The molecule has 2 aromatic heterocycles. The minimum absolute atomic E-state index is 0.0269. The zero-order valence-corrected chi connectivity index (χ0v) is 15.7. The lowest BCUT2D eigenvalue weighted by molar-refractivity contribution is -0.156. The summed E-state index contributed by atoms with van der Waals surface area (Å²) in [6, 6.07) is -0.939. The minimum Gasteiger partial charge on any atom is -0.460 e. The van der Waals surface area contributed by atoms with Crippen molar-refractivity contribution in [3.05, 3.63) is 24.9 Å². The number of thiazole rings is 1. The molecule has 1 aliphatic heterocycles. The van der Waals surface area contributed by atoms with Crippen molar-refractivity contribution in [2.24, 2.45) is 21.4 Å². The Balaban J connectivity index is 2.06. The molecule has 0 spiro atoms. The molecule has 2 aromatic rings. The van der Waals surface area contributed by atoms with Crippen LogP contribution < -0.4 is 16.3 Å². The molecule has 28 heavy (non-hydrogen) atoms. The molecule has 1 aliphatic rings. The number of hydrogen-bond donors (Lipinski definition) is 2. The van der Waals surface area contributed by atoms with Gasteiger partial charge in [-0.25, -0.2) is 0 Å². The van der Waals surface area contributed by atoms with E-state index in [4.69, 9.17) is 15.3 Å². The summed E-state index contributed by atoms with van der Waals surface area (Å²) in [5.74, 6) is 4.28. The normalized spacial score (nSPS) is 23.3. The molecule has 3 rings (SSSR count). The van der Waals surface area contributed by atoms with Crippen LogP contribution in [0.2, 0.25) is 0 Å². The first-order chi connectivity index (χ1) is 13.4. The molecule has 1 saturated heterocycles. The van der Waals surface area contributed by atoms with Crippen molar-refractivity contribution in [2.45, 2.75) is 51.2 Å². The fourth-order valence-corrected chi connectivity index (χ4v) is 3.97. The molecule has 14 heteroatoms. The summed E-state index contributed by atoms with van der Waals surface area (Å²) >= 11 is 0.646. The Morgan fingerprint density at radius 2 is 2.29 bits per heavy atom. The third kappa shape index (κ3) is 3.55. The number of H-pyrrole nitrogens is 1. The van der Waals surface area contributed by atoms with Crippen molar-refractivity contribution >= 4 is 33.6 Å². The number of fused-ring (bicyclic) bond motifs is 1. The summed E-state index contributed by atoms with van der Waals surface area (Å²) in [4.78, 5) is 53.2. The third-order valence-electron chi connectivity index (χ3n) is 4.25. The van der Waals surface area contributed by atoms with Gasteiger partial charge in [0, 0.05) is 13.3 Å². The number of rotatable bonds is 6. The van der Waals surface area contributed by atoms with Crippen molar-refractivity contribution in [1.82, 2.24) is 14.5 Å². The highest BCUT2D eigenvalue weighted by molar-refractivity contribution is 7.16. The van der Waals surface area contributed by atoms with E-state index in [1.54, 1.807) is 6.92 Å². The molecule has 0 amide bonds. The maximum atomic E-state index is 12.5. The van der Waals surface area contributed by atoms with E-state index in [0.29, 0.717) is 17.8 Å². The van der Waals surface area contributed by atoms with Crippen LogP contribution in [-0.4, -0.2) is 38.8 Å². The summed E-state index contributed by atoms with van der Waals surface area (Å²) in [5, 5.41) is 9.57. The van der Waals surface area contributed by atoms with Crippen molar-refractivity contribution in [3.8, 4) is 0 Å². The first kappa shape index (κ1) is 19.8. The number of carbonyl (C=O) groups excluding carboxylic acids is 1. The Morgan fingerprint density at radius 1 is 1.54 bits per heavy atom. The maximum Gasteiger partial charge on any atom is 0.311 e. The first-order valence-corrected chi connectivity index (χ1v) is 9.12. The van der Waals surface area contributed by atoms with Gasteiger partial charge in [0.25, 0.3) is 11.5 Å². The van der Waals surface area contributed by atoms with Gasteiger partial charge in [-0.2, -0.15) is 9.89 Å². The number of nitrogens with two attached hydrogens (primary N) is 1. The van der Waals surface area contributed by atoms with Crippen LogP contribution in [0.15, 0.2) is 25.1 Å². The van der Waals surface area contributed by atoms with Crippen LogP contribution in [0.1, 0.15) is 32.9 Å². The van der Waals surface area contributed by atoms with Crippen LogP contribution in [-0.2, 0) is 14.3 Å². The molecule has 0 aromatic carbocycles. The summed E-state index contributed by atoms with van der Waals surface area (Å²) in [7, 11) is 0. The van der Waals surface area contributed by atoms with E-state index >= 15 is 0 Å². The average molecular weight is 411 g/mol. The number of carbonyl (C=O) groups is 1. The van der Waals surface area contributed by atoms with Crippen molar-refractivity contribution in [3.63, 3.8) is 0 Å². The van der Waals surface area contributed by atoms with Crippen LogP contribution in [0.3, 0.4) is 0 Å². The van der Waals surface area contributed by atoms with E-state index in [0.717, 1.165) is 4.57 Å². The topological polar surface area (TPSA) is 183 Å². The van der Waals surface area contributed by atoms with Crippen molar-refractivity contribution in [1.29, 1.82) is 0 Å². The zero-order chi connectivity index (χ0) is 20.4. The highest BCUT2D eigenvalue weighted by atomic mass is 32.1. The maximum absolute atomic E-state index is 12.5. The van der Waals surface area contributed by atoms with Crippen molar-refractivity contribution in [2.75, 3.05) is 0 Å². The molecular formula is C14H17N7O6S. The molecule has 0 aliphatic carbocycles. The van der Waals surface area contributed by atoms with Gasteiger partial charge in [0.2, 0.25) is 0 Å². The van der Waals surface area contributed by atoms with E-state index < -0.39 is 40.9 Å². The molecule has 1 unspecified atom stereocenters. The highest BCUT2D eigenvalue weighted by Gasteiger charge is 2.43. The molecule has 13 nitrogen and oxygen atoms in total. The van der Waals surface area contributed by atoms with Gasteiger partial charge in [-0.3, -0.25) is 23.9 Å². The predicted molar refractivity (Wildman–Crippen MR) is 97.2 cm³/mol. The van der Waals surface area contributed by atoms with E-state index in [9.17, 15) is 19.3 Å². The lowest BCUT2D eigenvalue weighted by Gasteiger charge is -2.22. The molecule has 4 atom stereocenters. The molecular weight excluding hydrogens is 394 g/mol. The average Bonchev–Trinajstić information content (AvgIpc) is 3.20. The fraction of sp³-hybridized carbons (Fsp3) is 0.571. The predicted octanol–water partition coefficient (Wildman–Crippen LogP) is 0.868. The van der Waals surface area contributed by atoms with Gasteiger partial charge in [0.05, 0.1) is 6.10 Å². The number of nitroso groups, excluding NO2 is 1. The van der Waals surface area contributed by atoms with Crippen molar-refractivity contribution < 1.29 is 14.3 Å². The fourth-order valence-electron chi connectivity index (χ4n) is 3.13. The van der Waals surface area contributed by atoms with Crippen LogP contribution in [0.5, 0.6) is 0 Å². The molecule has 0 radical (unpaired) electrons. The molecule has 1 fully saturated rings. The molecule has 0 bridgehead atoms. The smallest absolute Gasteiger partial charge is 0.311 e. The third-order valence-corrected chi connectivity index (χ3v) is 5.20. The highest BCUT2D eigenvalue weighted by Crippen LogP contribution is 2.35. The van der Waals surface area contributed by atoms with Gasteiger partial charge < -0.3 is 15.3 Å². The first-order valence-electron chi connectivity index (χ1n) is 8.31. The van der Waals surface area contributed by atoms with Gasteiger partial charge in [-0.1, -0.05) is 33.8 Å². The quantitative estimate of drug-likeness (QED) is 0.230. The Morgan fingerprint density at radius 3 is 2.89 bits per heavy atom. The number of esters is 1. The number of nitrogens with one attached hydrogen (secondary N) is 1. The Kier molecular flexibility index (Phi) is 5.60. The Hall–Kier alpha value is -3.00. The number of aromatic nitrogens is 3. The van der Waals surface area contributed by atoms with Crippen LogP contribution in [0.4, 0.5) is 5.95 Å².